The number of pyridine rings is 2. The number of aromatic nitrogens is 3. The van der Waals surface area contributed by atoms with Crippen LogP contribution in [0.25, 0.3) is 22.1 Å². The number of nitrogens with one attached hydrogen (secondary N) is 2. The summed E-state index contributed by atoms with van der Waals surface area (Å²) in [5.41, 5.74) is -0.748. The molecule has 0 aromatic carbocycles. The Labute approximate surface area is 134 Å². The number of H-pyrrole nitrogens is 1. The highest BCUT2D eigenvalue weighted by molar-refractivity contribution is 5.89. The molecule has 0 atom stereocenters. The molecule has 0 spiro atoms. The second-order valence-corrected chi connectivity index (χ2v) is 5.69. The lowest BCUT2D eigenvalue weighted by molar-refractivity contribution is 0.429. The summed E-state index contributed by atoms with van der Waals surface area (Å²) in [6, 6.07) is 1.17. The van der Waals surface area contributed by atoms with E-state index in [4.69, 9.17) is 4.52 Å². The summed E-state index contributed by atoms with van der Waals surface area (Å²) in [7, 11) is 0. The predicted molar refractivity (Wildman–Crippen MR) is 87.1 cm³/mol. The normalized spacial score (nSPS) is 15.5. The van der Waals surface area contributed by atoms with Crippen molar-refractivity contribution in [2.24, 2.45) is 0 Å². The molecule has 4 rings (SSSR count). The van der Waals surface area contributed by atoms with Gasteiger partial charge in [0.05, 0.1) is 5.39 Å². The standard InChI is InChI=1S/C15H16FN5O3/c1-2-21-12-8(11(22)10-14(23)19-24-15(10)21)7-9(16)13(18-12)20-5-3-17-4-6-20/h7,17H,2-6H2,1H3,(H,19,23). The molecular weight excluding hydrogens is 317 g/mol. The summed E-state index contributed by atoms with van der Waals surface area (Å²) in [4.78, 5) is 30.6. The van der Waals surface area contributed by atoms with E-state index >= 15 is 0 Å². The topological polar surface area (TPSA) is 96.2 Å². The number of hydrogen-bond donors (Lipinski definition) is 2. The first-order chi connectivity index (χ1) is 11.6. The number of halogens is 1. The SMILES string of the molecule is CCn1c2nc(N3CCNCC3)c(F)cc2c(=O)c2c(=O)[nH]oc21. The Morgan fingerprint density at radius 3 is 2.79 bits per heavy atom. The number of hydrogen-bond acceptors (Lipinski definition) is 6. The third-order valence-electron chi connectivity index (χ3n) is 4.32. The number of nitrogens with zero attached hydrogens (tertiary/aromatic N) is 3. The van der Waals surface area contributed by atoms with E-state index in [2.05, 4.69) is 15.5 Å². The van der Waals surface area contributed by atoms with Crippen LogP contribution in [0.5, 0.6) is 0 Å². The van der Waals surface area contributed by atoms with Crippen molar-refractivity contribution in [3.63, 3.8) is 0 Å². The van der Waals surface area contributed by atoms with Gasteiger partial charge in [0.25, 0.3) is 5.56 Å². The predicted octanol–water partition coefficient (Wildman–Crippen LogP) is 0.400. The van der Waals surface area contributed by atoms with E-state index in [1.165, 1.54) is 6.07 Å². The zero-order chi connectivity index (χ0) is 16.8. The molecule has 1 aliphatic heterocycles. The lowest BCUT2D eigenvalue weighted by atomic mass is 10.2. The van der Waals surface area contributed by atoms with E-state index in [9.17, 15) is 14.0 Å². The number of aromatic amines is 1. The summed E-state index contributed by atoms with van der Waals surface area (Å²) in [5.74, 6) is -0.355. The van der Waals surface area contributed by atoms with Crippen LogP contribution in [0.2, 0.25) is 0 Å². The molecule has 0 radical (unpaired) electrons. The Kier molecular flexibility index (Phi) is 3.38. The first kappa shape index (κ1) is 14.9. The van der Waals surface area contributed by atoms with Crippen LogP contribution < -0.4 is 21.2 Å². The third-order valence-corrected chi connectivity index (χ3v) is 4.32. The van der Waals surface area contributed by atoms with E-state index in [1.54, 1.807) is 4.57 Å². The van der Waals surface area contributed by atoms with Crippen LogP contribution in [-0.2, 0) is 6.54 Å². The summed E-state index contributed by atoms with van der Waals surface area (Å²) < 4.78 is 21.3. The van der Waals surface area contributed by atoms with Crippen LogP contribution in [0.3, 0.4) is 0 Å². The maximum absolute atomic E-state index is 14.6. The number of fused-ring (bicyclic) bond motifs is 2. The smallest absolute Gasteiger partial charge is 0.293 e. The zero-order valence-electron chi connectivity index (χ0n) is 13.1. The van der Waals surface area contributed by atoms with E-state index in [0.717, 1.165) is 13.1 Å². The van der Waals surface area contributed by atoms with Crippen LogP contribution in [0.4, 0.5) is 10.2 Å². The van der Waals surface area contributed by atoms with Crippen LogP contribution >= 0.6 is 0 Å². The molecule has 24 heavy (non-hydrogen) atoms. The van der Waals surface area contributed by atoms with Crippen LogP contribution in [-0.4, -0.2) is 40.9 Å². The van der Waals surface area contributed by atoms with Gasteiger partial charge in [0.2, 0.25) is 11.1 Å². The summed E-state index contributed by atoms with van der Waals surface area (Å²) in [5, 5.41) is 5.33. The molecule has 9 heteroatoms. The van der Waals surface area contributed by atoms with Gasteiger partial charge in [-0.05, 0) is 13.0 Å². The monoisotopic (exact) mass is 333 g/mol. The molecule has 1 fully saturated rings. The highest BCUT2D eigenvalue weighted by atomic mass is 19.1. The van der Waals surface area contributed by atoms with Gasteiger partial charge in [-0.2, -0.15) is 5.16 Å². The molecule has 3 aromatic rings. The minimum Gasteiger partial charge on any atom is -0.360 e. The molecule has 3 aromatic heterocycles. The molecule has 126 valence electrons. The minimum atomic E-state index is -0.620. The highest BCUT2D eigenvalue weighted by Gasteiger charge is 2.22. The summed E-state index contributed by atoms with van der Waals surface area (Å²) >= 11 is 0. The van der Waals surface area contributed by atoms with Gasteiger partial charge in [-0.25, -0.2) is 9.37 Å². The van der Waals surface area contributed by atoms with Crippen molar-refractivity contribution in [3.8, 4) is 0 Å². The molecular formula is C15H16FN5O3. The maximum Gasteiger partial charge on any atom is 0.293 e. The van der Waals surface area contributed by atoms with Crippen LogP contribution in [0.1, 0.15) is 6.92 Å². The zero-order valence-corrected chi connectivity index (χ0v) is 13.1. The Morgan fingerprint density at radius 2 is 2.08 bits per heavy atom. The Hall–Kier alpha value is -2.68. The largest absolute Gasteiger partial charge is 0.360 e. The molecule has 0 amide bonds. The second-order valence-electron chi connectivity index (χ2n) is 5.69. The van der Waals surface area contributed by atoms with E-state index in [1.807, 2.05) is 11.8 Å². The third kappa shape index (κ3) is 2.04. The lowest BCUT2D eigenvalue weighted by Gasteiger charge is -2.28. The van der Waals surface area contributed by atoms with Crippen molar-refractivity contribution >= 4 is 28.0 Å². The molecule has 0 bridgehead atoms. The fraction of sp³-hybridized carbons (Fsp3) is 0.400. The van der Waals surface area contributed by atoms with Crippen molar-refractivity contribution in [2.45, 2.75) is 13.5 Å². The van der Waals surface area contributed by atoms with Gasteiger partial charge in [0.15, 0.2) is 17.0 Å². The number of rotatable bonds is 2. The summed E-state index contributed by atoms with van der Waals surface area (Å²) in [6.45, 7) is 5.01. The van der Waals surface area contributed by atoms with E-state index in [-0.39, 0.29) is 22.3 Å². The average molecular weight is 333 g/mol. The van der Waals surface area contributed by atoms with Gasteiger partial charge >= 0.3 is 0 Å². The molecule has 0 aliphatic carbocycles. The second kappa shape index (κ2) is 5.45. The quantitative estimate of drug-likeness (QED) is 0.705. The van der Waals surface area contributed by atoms with Crippen LogP contribution in [0.15, 0.2) is 20.2 Å². The van der Waals surface area contributed by atoms with Crippen molar-refractivity contribution < 1.29 is 8.91 Å². The molecule has 8 nitrogen and oxygen atoms in total. The molecule has 0 saturated carbocycles. The van der Waals surface area contributed by atoms with Gasteiger partial charge in [-0.3, -0.25) is 14.2 Å². The summed E-state index contributed by atoms with van der Waals surface area (Å²) in [6.07, 6.45) is 0. The van der Waals surface area contributed by atoms with Crippen molar-refractivity contribution in [1.29, 1.82) is 0 Å². The first-order valence-electron chi connectivity index (χ1n) is 7.81. The molecule has 1 saturated heterocycles. The Bertz CT molecular complexity index is 1050. The van der Waals surface area contributed by atoms with Gasteiger partial charge in [-0.1, -0.05) is 0 Å². The van der Waals surface area contributed by atoms with Gasteiger partial charge in [0.1, 0.15) is 5.65 Å². The lowest BCUT2D eigenvalue weighted by Crippen LogP contribution is -2.44. The molecule has 1 aliphatic rings. The van der Waals surface area contributed by atoms with Crippen molar-refractivity contribution in [3.05, 3.63) is 32.5 Å². The molecule has 0 unspecified atom stereocenters. The maximum atomic E-state index is 14.6. The van der Waals surface area contributed by atoms with E-state index < -0.39 is 16.8 Å². The number of aryl methyl sites for hydroxylation is 1. The fourth-order valence-electron chi connectivity index (χ4n) is 3.15. The van der Waals surface area contributed by atoms with Crippen molar-refractivity contribution in [2.75, 3.05) is 31.1 Å². The van der Waals surface area contributed by atoms with Crippen molar-refractivity contribution in [1.82, 2.24) is 20.0 Å². The Morgan fingerprint density at radius 1 is 1.33 bits per heavy atom. The first-order valence-corrected chi connectivity index (χ1v) is 7.81. The molecule has 2 N–H and O–H groups in total. The van der Waals surface area contributed by atoms with E-state index in [0.29, 0.717) is 25.3 Å². The van der Waals surface area contributed by atoms with Gasteiger partial charge in [0, 0.05) is 32.7 Å². The highest BCUT2D eigenvalue weighted by Crippen LogP contribution is 2.23. The average Bonchev–Trinajstić information content (AvgIpc) is 2.98. The number of piperazine rings is 1. The fourth-order valence-corrected chi connectivity index (χ4v) is 3.15. The minimum absolute atomic E-state index is 0.0765. The number of anilines is 1. The van der Waals surface area contributed by atoms with Crippen LogP contribution in [0, 0.1) is 5.82 Å². The molecule has 4 heterocycles. The van der Waals surface area contributed by atoms with Gasteiger partial charge in [-0.15, -0.1) is 0 Å². The Balaban J connectivity index is 2.07. The van der Waals surface area contributed by atoms with Gasteiger partial charge < -0.3 is 14.7 Å².